The van der Waals surface area contributed by atoms with Crippen molar-refractivity contribution in [2.45, 2.75) is 30.9 Å². The summed E-state index contributed by atoms with van der Waals surface area (Å²) in [7, 11) is 1.87. The number of nitrogens with two attached hydrogens (primary N) is 1. The fourth-order valence-electron chi connectivity index (χ4n) is 1.04. The monoisotopic (exact) mass is 185 g/mol. The van der Waals surface area contributed by atoms with Gasteiger partial charge in [-0.2, -0.15) is 5.10 Å². The van der Waals surface area contributed by atoms with Crippen molar-refractivity contribution in [2.24, 2.45) is 7.05 Å². The molecular weight excluding hydrogens is 170 g/mol. The van der Waals surface area contributed by atoms with E-state index in [1.54, 1.807) is 16.4 Å². The molecule has 1 heterocycles. The first-order valence-corrected chi connectivity index (χ1v) is 4.86. The van der Waals surface area contributed by atoms with Gasteiger partial charge in [0, 0.05) is 12.3 Å². The minimum absolute atomic E-state index is 0.551. The molecule has 0 bridgehead atoms. The summed E-state index contributed by atoms with van der Waals surface area (Å²) in [4.78, 5) is 1.12. The average molecular weight is 185 g/mol. The van der Waals surface area contributed by atoms with Gasteiger partial charge >= 0.3 is 0 Å². The van der Waals surface area contributed by atoms with Crippen molar-refractivity contribution in [3.8, 4) is 0 Å². The van der Waals surface area contributed by atoms with Crippen LogP contribution in [0.5, 0.6) is 0 Å². The van der Waals surface area contributed by atoms with E-state index in [1.165, 1.54) is 0 Å². The number of anilines is 1. The molecule has 0 aliphatic carbocycles. The predicted molar refractivity (Wildman–Crippen MR) is 53.4 cm³/mol. The maximum atomic E-state index is 5.83. The van der Waals surface area contributed by atoms with Crippen molar-refractivity contribution in [2.75, 3.05) is 5.73 Å². The number of hydrogen-bond donors (Lipinski definition) is 1. The minimum Gasteiger partial charge on any atom is -0.383 e. The molecule has 2 N–H and O–H groups in total. The topological polar surface area (TPSA) is 43.8 Å². The quantitative estimate of drug-likeness (QED) is 0.715. The largest absolute Gasteiger partial charge is 0.383 e. The van der Waals surface area contributed by atoms with Gasteiger partial charge in [-0.1, -0.05) is 13.8 Å². The Hall–Kier alpha value is -0.640. The van der Waals surface area contributed by atoms with Gasteiger partial charge in [-0.3, -0.25) is 4.68 Å². The molecule has 12 heavy (non-hydrogen) atoms. The van der Waals surface area contributed by atoms with E-state index >= 15 is 0 Å². The zero-order valence-corrected chi connectivity index (χ0v) is 8.77. The summed E-state index contributed by atoms with van der Waals surface area (Å²) in [6, 6.07) is 0. The highest BCUT2D eigenvalue weighted by Crippen LogP contribution is 2.30. The third kappa shape index (κ3) is 1.75. The molecule has 0 fully saturated rings. The molecule has 1 rings (SSSR count). The molecule has 0 unspecified atom stereocenters. The molecule has 0 spiro atoms. The SMILES string of the molecule is Cc1nn(C)c(N)c1SC(C)C. The molecule has 0 saturated heterocycles. The lowest BCUT2D eigenvalue weighted by Gasteiger charge is -2.03. The van der Waals surface area contributed by atoms with E-state index in [2.05, 4.69) is 18.9 Å². The predicted octanol–water partition coefficient (Wildman–Crippen LogP) is 1.81. The molecule has 0 aliphatic heterocycles. The highest BCUT2D eigenvalue weighted by Gasteiger charge is 2.11. The number of nitrogens with zero attached hydrogens (tertiary/aromatic N) is 2. The third-order valence-electron chi connectivity index (χ3n) is 1.56. The average Bonchev–Trinajstić information content (AvgIpc) is 2.16. The molecule has 1 aromatic rings. The molecule has 0 radical (unpaired) electrons. The molecule has 0 aromatic carbocycles. The van der Waals surface area contributed by atoms with Crippen molar-refractivity contribution < 1.29 is 0 Å². The minimum atomic E-state index is 0.551. The molecule has 0 atom stereocenters. The number of aromatic nitrogens is 2. The Morgan fingerprint density at radius 1 is 1.50 bits per heavy atom. The Bertz CT molecular complexity index is 278. The van der Waals surface area contributed by atoms with Gasteiger partial charge in [-0.15, -0.1) is 11.8 Å². The van der Waals surface area contributed by atoms with Crippen LogP contribution in [0.15, 0.2) is 4.90 Å². The third-order valence-corrected chi connectivity index (χ3v) is 2.78. The van der Waals surface area contributed by atoms with Crippen LogP contribution in [-0.4, -0.2) is 15.0 Å². The van der Waals surface area contributed by atoms with Crippen LogP contribution < -0.4 is 5.73 Å². The second kappa shape index (κ2) is 3.39. The van der Waals surface area contributed by atoms with E-state index < -0.39 is 0 Å². The standard InChI is InChI=1S/C8H15N3S/c1-5(2)12-7-6(3)10-11(4)8(7)9/h5H,9H2,1-4H3. The fraction of sp³-hybridized carbons (Fsp3) is 0.625. The number of nitrogen functional groups attached to an aromatic ring is 1. The van der Waals surface area contributed by atoms with Gasteiger partial charge in [-0.25, -0.2) is 0 Å². The van der Waals surface area contributed by atoms with Gasteiger partial charge in [0.15, 0.2) is 0 Å². The zero-order valence-electron chi connectivity index (χ0n) is 7.96. The maximum Gasteiger partial charge on any atom is 0.135 e. The van der Waals surface area contributed by atoms with Crippen LogP contribution in [-0.2, 0) is 7.05 Å². The lowest BCUT2D eigenvalue weighted by Crippen LogP contribution is -1.98. The Morgan fingerprint density at radius 2 is 2.08 bits per heavy atom. The normalized spacial score (nSPS) is 11.1. The van der Waals surface area contributed by atoms with E-state index in [4.69, 9.17) is 5.73 Å². The molecule has 4 heteroatoms. The zero-order chi connectivity index (χ0) is 9.30. The fourth-order valence-corrected chi connectivity index (χ4v) is 1.97. The van der Waals surface area contributed by atoms with E-state index in [0.29, 0.717) is 5.25 Å². The molecule has 0 amide bonds. The number of hydrogen-bond acceptors (Lipinski definition) is 3. The van der Waals surface area contributed by atoms with Crippen LogP contribution in [0.25, 0.3) is 0 Å². The maximum absolute atomic E-state index is 5.83. The molecule has 1 aromatic heterocycles. The van der Waals surface area contributed by atoms with Crippen LogP contribution in [0.4, 0.5) is 5.82 Å². The van der Waals surface area contributed by atoms with Crippen molar-refractivity contribution in [3.63, 3.8) is 0 Å². The van der Waals surface area contributed by atoms with E-state index in [-0.39, 0.29) is 0 Å². The summed E-state index contributed by atoms with van der Waals surface area (Å²) < 4.78 is 1.72. The van der Waals surface area contributed by atoms with Crippen LogP contribution >= 0.6 is 11.8 Å². The van der Waals surface area contributed by atoms with Crippen molar-refractivity contribution in [3.05, 3.63) is 5.69 Å². The van der Waals surface area contributed by atoms with E-state index in [0.717, 1.165) is 16.4 Å². The van der Waals surface area contributed by atoms with Crippen LogP contribution in [0.1, 0.15) is 19.5 Å². The summed E-state index contributed by atoms with van der Waals surface area (Å²) in [6.07, 6.45) is 0. The smallest absolute Gasteiger partial charge is 0.135 e. The molecule has 3 nitrogen and oxygen atoms in total. The van der Waals surface area contributed by atoms with Crippen molar-refractivity contribution in [1.82, 2.24) is 9.78 Å². The first-order valence-electron chi connectivity index (χ1n) is 3.98. The van der Waals surface area contributed by atoms with Gasteiger partial charge in [0.05, 0.1) is 10.6 Å². The van der Waals surface area contributed by atoms with Crippen LogP contribution in [0.2, 0.25) is 0 Å². The first-order chi connectivity index (χ1) is 5.52. The highest BCUT2D eigenvalue weighted by atomic mass is 32.2. The Kier molecular flexibility index (Phi) is 2.67. The van der Waals surface area contributed by atoms with Gasteiger partial charge in [0.25, 0.3) is 0 Å². The summed E-state index contributed by atoms with van der Waals surface area (Å²) in [5.41, 5.74) is 6.85. The summed E-state index contributed by atoms with van der Waals surface area (Å²) >= 11 is 1.76. The molecule has 68 valence electrons. The first kappa shape index (κ1) is 9.45. The number of aryl methyl sites for hydroxylation is 2. The molecule has 0 saturated carbocycles. The van der Waals surface area contributed by atoms with Gasteiger partial charge in [0.1, 0.15) is 5.82 Å². The lowest BCUT2D eigenvalue weighted by atomic mass is 10.5. The van der Waals surface area contributed by atoms with Gasteiger partial charge in [-0.05, 0) is 6.92 Å². The van der Waals surface area contributed by atoms with E-state index in [9.17, 15) is 0 Å². The molecular formula is C8H15N3S. The second-order valence-electron chi connectivity index (χ2n) is 3.09. The summed E-state index contributed by atoms with van der Waals surface area (Å²) in [5, 5.41) is 4.79. The Balaban J connectivity index is 2.97. The van der Waals surface area contributed by atoms with Gasteiger partial charge in [0.2, 0.25) is 0 Å². The number of rotatable bonds is 2. The highest BCUT2D eigenvalue weighted by molar-refractivity contribution is 8.00. The second-order valence-corrected chi connectivity index (χ2v) is 4.68. The van der Waals surface area contributed by atoms with Gasteiger partial charge < -0.3 is 5.73 Å². The lowest BCUT2D eigenvalue weighted by molar-refractivity contribution is 0.767. The Morgan fingerprint density at radius 3 is 2.42 bits per heavy atom. The summed E-state index contributed by atoms with van der Waals surface area (Å²) in [6.45, 7) is 6.29. The van der Waals surface area contributed by atoms with Crippen molar-refractivity contribution in [1.29, 1.82) is 0 Å². The Labute approximate surface area is 77.3 Å². The van der Waals surface area contributed by atoms with Crippen molar-refractivity contribution >= 4 is 17.6 Å². The van der Waals surface area contributed by atoms with Crippen LogP contribution in [0, 0.1) is 6.92 Å². The number of thioether (sulfide) groups is 1. The van der Waals surface area contributed by atoms with Crippen LogP contribution in [0.3, 0.4) is 0 Å². The van der Waals surface area contributed by atoms with E-state index in [1.807, 2.05) is 14.0 Å². The molecule has 0 aliphatic rings. The summed E-state index contributed by atoms with van der Waals surface area (Å²) in [5.74, 6) is 0.770.